The third-order valence-corrected chi connectivity index (χ3v) is 2.93. The van der Waals surface area contributed by atoms with Crippen LogP contribution in [0.1, 0.15) is 37.0 Å². The maximum atomic E-state index is 11.8. The Hall–Kier alpha value is -1.71. The average Bonchev–Trinajstić information content (AvgIpc) is 2.30. The first kappa shape index (κ1) is 13.4. The van der Waals surface area contributed by atoms with Crippen LogP contribution in [0.3, 0.4) is 0 Å². The van der Waals surface area contributed by atoms with Gasteiger partial charge in [0.2, 0.25) is 0 Å². The first-order valence-corrected chi connectivity index (χ1v) is 5.88. The van der Waals surface area contributed by atoms with Crippen LogP contribution in [0.4, 0.5) is 0 Å². The maximum absolute atomic E-state index is 11.8. The van der Waals surface area contributed by atoms with Crippen LogP contribution in [-0.4, -0.2) is 22.7 Å². The second-order valence-corrected chi connectivity index (χ2v) is 4.09. The third kappa shape index (κ3) is 3.66. The molecule has 1 aromatic rings. The minimum absolute atomic E-state index is 0.0564. The largest absolute Gasteiger partial charge is 0.508 e. The second-order valence-electron chi connectivity index (χ2n) is 4.09. The summed E-state index contributed by atoms with van der Waals surface area (Å²) >= 11 is 0. The topological polar surface area (TPSA) is 69.6 Å². The second kappa shape index (κ2) is 6.13. The van der Waals surface area contributed by atoms with Crippen LogP contribution in [0, 0.1) is 5.92 Å². The number of phenolic OH excluding ortho intramolecular Hbond substituents is 2. The van der Waals surface area contributed by atoms with E-state index >= 15 is 0 Å². The molecule has 0 spiro atoms. The zero-order chi connectivity index (χ0) is 12.8. The summed E-state index contributed by atoms with van der Waals surface area (Å²) < 4.78 is 0. The van der Waals surface area contributed by atoms with Gasteiger partial charge in [-0.15, -0.1) is 0 Å². The fraction of sp³-hybridized carbons (Fsp3) is 0.462. The van der Waals surface area contributed by atoms with Crippen LogP contribution in [-0.2, 0) is 0 Å². The molecule has 0 aliphatic carbocycles. The molecule has 4 heteroatoms. The van der Waals surface area contributed by atoms with Crippen LogP contribution in [0.25, 0.3) is 0 Å². The number of benzene rings is 1. The highest BCUT2D eigenvalue weighted by Gasteiger charge is 2.12. The normalized spacial score (nSPS) is 10.5. The van der Waals surface area contributed by atoms with Gasteiger partial charge < -0.3 is 15.5 Å². The van der Waals surface area contributed by atoms with Gasteiger partial charge in [0.15, 0.2) is 0 Å². The average molecular weight is 237 g/mol. The number of hydrogen-bond donors (Lipinski definition) is 3. The molecule has 0 aliphatic heterocycles. The van der Waals surface area contributed by atoms with E-state index in [4.69, 9.17) is 5.11 Å². The minimum Gasteiger partial charge on any atom is -0.508 e. The summed E-state index contributed by atoms with van der Waals surface area (Å²) in [5.41, 5.74) is 0.189. The molecule has 4 nitrogen and oxygen atoms in total. The molecule has 0 saturated heterocycles. The summed E-state index contributed by atoms with van der Waals surface area (Å²) in [5, 5.41) is 21.4. The minimum atomic E-state index is -0.311. The van der Waals surface area contributed by atoms with Crippen molar-refractivity contribution < 1.29 is 15.0 Å². The molecule has 0 radical (unpaired) electrons. The van der Waals surface area contributed by atoms with E-state index in [2.05, 4.69) is 19.2 Å². The SMILES string of the molecule is CCC(CC)CNC(=O)c1ccc(O)cc1O. The van der Waals surface area contributed by atoms with Crippen molar-refractivity contribution in [2.24, 2.45) is 5.92 Å². The Bertz CT molecular complexity index is 386. The summed E-state index contributed by atoms with van der Waals surface area (Å²) in [6.07, 6.45) is 2.02. The van der Waals surface area contributed by atoms with Crippen LogP contribution < -0.4 is 5.32 Å². The Labute approximate surface area is 101 Å². The van der Waals surface area contributed by atoms with Crippen molar-refractivity contribution in [3.63, 3.8) is 0 Å². The molecule has 1 aromatic carbocycles. The van der Waals surface area contributed by atoms with Gasteiger partial charge in [-0.05, 0) is 18.1 Å². The highest BCUT2D eigenvalue weighted by Crippen LogP contribution is 2.22. The lowest BCUT2D eigenvalue weighted by Crippen LogP contribution is -2.28. The molecule has 1 rings (SSSR count). The molecule has 17 heavy (non-hydrogen) atoms. The highest BCUT2D eigenvalue weighted by molar-refractivity contribution is 5.96. The lowest BCUT2D eigenvalue weighted by Gasteiger charge is -2.13. The van der Waals surface area contributed by atoms with Gasteiger partial charge >= 0.3 is 0 Å². The summed E-state index contributed by atoms with van der Waals surface area (Å²) in [7, 11) is 0. The van der Waals surface area contributed by atoms with E-state index in [1.165, 1.54) is 12.1 Å². The molecular weight excluding hydrogens is 218 g/mol. The number of nitrogens with one attached hydrogen (secondary N) is 1. The summed E-state index contributed by atoms with van der Waals surface area (Å²) in [4.78, 5) is 11.8. The van der Waals surface area contributed by atoms with Gasteiger partial charge in [0.25, 0.3) is 5.91 Å². The van der Waals surface area contributed by atoms with E-state index in [1.807, 2.05) is 0 Å². The maximum Gasteiger partial charge on any atom is 0.255 e. The summed E-state index contributed by atoms with van der Waals surface area (Å²) in [6.45, 7) is 4.77. The Morgan fingerprint density at radius 1 is 1.29 bits per heavy atom. The molecule has 0 atom stereocenters. The lowest BCUT2D eigenvalue weighted by molar-refractivity contribution is 0.0943. The summed E-state index contributed by atoms with van der Waals surface area (Å²) in [5.74, 6) is -0.112. The Morgan fingerprint density at radius 3 is 2.47 bits per heavy atom. The number of rotatable bonds is 5. The molecule has 3 N–H and O–H groups in total. The van der Waals surface area contributed by atoms with Crippen molar-refractivity contribution in [1.82, 2.24) is 5.32 Å². The molecule has 0 saturated carbocycles. The van der Waals surface area contributed by atoms with Crippen molar-refractivity contribution >= 4 is 5.91 Å². The van der Waals surface area contributed by atoms with Gasteiger partial charge in [-0.25, -0.2) is 0 Å². The van der Waals surface area contributed by atoms with Crippen molar-refractivity contribution in [2.75, 3.05) is 6.54 Å². The highest BCUT2D eigenvalue weighted by atomic mass is 16.3. The molecule has 0 aromatic heterocycles. The van der Waals surface area contributed by atoms with Crippen molar-refractivity contribution in [2.45, 2.75) is 26.7 Å². The number of hydrogen-bond acceptors (Lipinski definition) is 3. The van der Waals surface area contributed by atoms with E-state index in [-0.39, 0.29) is 23.0 Å². The van der Waals surface area contributed by atoms with Crippen LogP contribution in [0.2, 0.25) is 0 Å². The molecule has 0 aliphatic rings. The lowest BCUT2D eigenvalue weighted by atomic mass is 10.0. The molecule has 1 amide bonds. The fourth-order valence-electron chi connectivity index (χ4n) is 1.62. The molecule has 0 fully saturated rings. The molecule has 0 unspecified atom stereocenters. The zero-order valence-electron chi connectivity index (χ0n) is 10.2. The molecule has 0 bridgehead atoms. The van der Waals surface area contributed by atoms with E-state index in [0.717, 1.165) is 18.9 Å². The Balaban J connectivity index is 2.64. The van der Waals surface area contributed by atoms with Gasteiger partial charge in [0.1, 0.15) is 11.5 Å². The van der Waals surface area contributed by atoms with E-state index in [1.54, 1.807) is 0 Å². The third-order valence-electron chi connectivity index (χ3n) is 2.93. The van der Waals surface area contributed by atoms with Crippen molar-refractivity contribution in [3.05, 3.63) is 23.8 Å². The summed E-state index contributed by atoms with van der Waals surface area (Å²) in [6, 6.07) is 3.95. The van der Waals surface area contributed by atoms with Crippen LogP contribution in [0.15, 0.2) is 18.2 Å². The molecule has 94 valence electrons. The predicted octanol–water partition coefficient (Wildman–Crippen LogP) is 2.26. The quantitative estimate of drug-likeness (QED) is 0.735. The Morgan fingerprint density at radius 2 is 1.94 bits per heavy atom. The van der Waals surface area contributed by atoms with Gasteiger partial charge in [-0.2, -0.15) is 0 Å². The van der Waals surface area contributed by atoms with E-state index < -0.39 is 0 Å². The predicted molar refractivity (Wildman–Crippen MR) is 66.2 cm³/mol. The molecular formula is C13H19NO3. The Kier molecular flexibility index (Phi) is 4.82. The fourth-order valence-corrected chi connectivity index (χ4v) is 1.62. The van der Waals surface area contributed by atoms with Crippen LogP contribution >= 0.6 is 0 Å². The number of aromatic hydroxyl groups is 2. The van der Waals surface area contributed by atoms with Crippen LogP contribution in [0.5, 0.6) is 11.5 Å². The van der Waals surface area contributed by atoms with Gasteiger partial charge in [0, 0.05) is 12.6 Å². The monoisotopic (exact) mass is 237 g/mol. The number of carbonyl (C=O) groups is 1. The van der Waals surface area contributed by atoms with Crippen molar-refractivity contribution in [3.8, 4) is 11.5 Å². The van der Waals surface area contributed by atoms with Gasteiger partial charge in [-0.3, -0.25) is 4.79 Å². The zero-order valence-corrected chi connectivity index (χ0v) is 10.2. The van der Waals surface area contributed by atoms with Crippen molar-refractivity contribution in [1.29, 1.82) is 0 Å². The van der Waals surface area contributed by atoms with E-state index in [9.17, 15) is 9.90 Å². The van der Waals surface area contributed by atoms with Gasteiger partial charge in [0.05, 0.1) is 5.56 Å². The number of carbonyl (C=O) groups excluding carboxylic acids is 1. The van der Waals surface area contributed by atoms with Gasteiger partial charge in [-0.1, -0.05) is 26.7 Å². The number of phenols is 2. The first-order valence-electron chi connectivity index (χ1n) is 5.88. The number of amides is 1. The standard InChI is InChI=1S/C13H19NO3/c1-3-9(4-2)8-14-13(17)11-6-5-10(15)7-12(11)16/h5-7,9,15-16H,3-4,8H2,1-2H3,(H,14,17). The smallest absolute Gasteiger partial charge is 0.255 e. The first-order chi connectivity index (χ1) is 8.08. The van der Waals surface area contributed by atoms with E-state index in [0.29, 0.717) is 12.5 Å². The molecule has 0 heterocycles.